The van der Waals surface area contributed by atoms with Crippen LogP contribution < -0.4 is 11.1 Å². The predicted octanol–water partition coefficient (Wildman–Crippen LogP) is -1.67. The molecule has 14 heavy (non-hydrogen) atoms. The van der Waals surface area contributed by atoms with E-state index in [1.807, 2.05) is 0 Å². The number of nitrogens with two attached hydrogens (primary N) is 1. The van der Waals surface area contributed by atoms with E-state index in [1.165, 1.54) is 0 Å². The first-order valence-electron chi connectivity index (χ1n) is 4.35. The molecule has 1 aliphatic rings. The number of hydrogen-bond donors (Lipinski definition) is 3. The van der Waals surface area contributed by atoms with E-state index >= 15 is 0 Å². The van der Waals surface area contributed by atoms with Gasteiger partial charge in [0.1, 0.15) is 0 Å². The Labute approximate surface area is 81.4 Å². The van der Waals surface area contributed by atoms with Gasteiger partial charge in [-0.1, -0.05) is 0 Å². The standard InChI is InChI=1S/C8H14N2O4/c1-14-7(12)8(9,13)4-5-2-3-10-6(5)11/h5,13H,2-4,9H2,1H3,(H,10,11)/t5-,8?/m0/s1. The Bertz CT molecular complexity index is 252. The van der Waals surface area contributed by atoms with Crippen molar-refractivity contribution in [3.8, 4) is 0 Å². The molecule has 0 aromatic rings. The number of esters is 1. The van der Waals surface area contributed by atoms with Crippen LogP contribution in [0.5, 0.6) is 0 Å². The van der Waals surface area contributed by atoms with Crippen molar-refractivity contribution in [2.75, 3.05) is 13.7 Å². The first kappa shape index (κ1) is 10.9. The molecule has 1 heterocycles. The van der Waals surface area contributed by atoms with Crippen molar-refractivity contribution in [1.29, 1.82) is 0 Å². The lowest BCUT2D eigenvalue weighted by atomic mass is 9.96. The summed E-state index contributed by atoms with van der Waals surface area (Å²) >= 11 is 0. The SMILES string of the molecule is COC(=O)C(N)(O)C[C@@H]1CCNC1=O. The fourth-order valence-corrected chi connectivity index (χ4v) is 1.48. The Morgan fingerprint density at radius 3 is 2.93 bits per heavy atom. The molecule has 1 fully saturated rings. The van der Waals surface area contributed by atoms with E-state index in [1.54, 1.807) is 0 Å². The molecular weight excluding hydrogens is 188 g/mol. The number of carbonyl (C=O) groups excluding carboxylic acids is 2. The zero-order chi connectivity index (χ0) is 10.8. The van der Waals surface area contributed by atoms with Crippen molar-refractivity contribution in [3.63, 3.8) is 0 Å². The van der Waals surface area contributed by atoms with E-state index in [0.29, 0.717) is 13.0 Å². The summed E-state index contributed by atoms with van der Waals surface area (Å²) in [4.78, 5) is 22.1. The van der Waals surface area contributed by atoms with Gasteiger partial charge in [-0.05, 0) is 6.42 Å². The third-order valence-corrected chi connectivity index (χ3v) is 2.26. The minimum Gasteiger partial charge on any atom is -0.466 e. The van der Waals surface area contributed by atoms with Crippen LogP contribution in [0.25, 0.3) is 0 Å². The Balaban J connectivity index is 2.58. The minimum atomic E-state index is -2.07. The second-order valence-electron chi connectivity index (χ2n) is 3.40. The van der Waals surface area contributed by atoms with Crippen LogP contribution in [-0.2, 0) is 14.3 Å². The van der Waals surface area contributed by atoms with E-state index < -0.39 is 17.6 Å². The van der Waals surface area contributed by atoms with E-state index in [0.717, 1.165) is 7.11 Å². The summed E-state index contributed by atoms with van der Waals surface area (Å²) in [5, 5.41) is 12.1. The largest absolute Gasteiger partial charge is 0.466 e. The highest BCUT2D eigenvalue weighted by Crippen LogP contribution is 2.20. The summed E-state index contributed by atoms with van der Waals surface area (Å²) in [7, 11) is 1.13. The van der Waals surface area contributed by atoms with Crippen molar-refractivity contribution in [2.24, 2.45) is 11.7 Å². The van der Waals surface area contributed by atoms with Gasteiger partial charge >= 0.3 is 5.97 Å². The van der Waals surface area contributed by atoms with Crippen molar-refractivity contribution in [1.82, 2.24) is 5.32 Å². The zero-order valence-corrected chi connectivity index (χ0v) is 7.95. The normalized spacial score (nSPS) is 25.4. The summed E-state index contributed by atoms with van der Waals surface area (Å²) in [5.41, 5.74) is 3.25. The number of aliphatic hydroxyl groups is 1. The summed E-state index contributed by atoms with van der Waals surface area (Å²) in [5.74, 6) is -1.51. The maximum atomic E-state index is 11.1. The molecule has 0 aromatic carbocycles. The monoisotopic (exact) mass is 202 g/mol. The number of rotatable bonds is 3. The van der Waals surface area contributed by atoms with Gasteiger partial charge in [0.25, 0.3) is 0 Å². The first-order chi connectivity index (χ1) is 6.47. The number of methoxy groups -OCH3 is 1. The molecule has 1 rings (SSSR count). The lowest BCUT2D eigenvalue weighted by Gasteiger charge is -2.21. The molecule has 1 aliphatic heterocycles. The highest BCUT2D eigenvalue weighted by Gasteiger charge is 2.39. The highest BCUT2D eigenvalue weighted by atomic mass is 16.5. The minimum absolute atomic E-state index is 0.106. The summed E-state index contributed by atoms with van der Waals surface area (Å²) in [6.07, 6.45) is 0.473. The van der Waals surface area contributed by atoms with E-state index in [9.17, 15) is 14.7 Å². The molecular formula is C8H14N2O4. The van der Waals surface area contributed by atoms with Crippen LogP contribution in [0.4, 0.5) is 0 Å². The number of carbonyl (C=O) groups is 2. The number of hydrogen-bond acceptors (Lipinski definition) is 5. The topological polar surface area (TPSA) is 102 Å². The Kier molecular flexibility index (Phi) is 3.07. The average Bonchev–Trinajstić information content (AvgIpc) is 2.50. The molecule has 0 aromatic heterocycles. The van der Waals surface area contributed by atoms with Crippen LogP contribution in [0.3, 0.4) is 0 Å². The molecule has 2 atom stereocenters. The molecule has 0 saturated carbocycles. The molecule has 0 aliphatic carbocycles. The average molecular weight is 202 g/mol. The van der Waals surface area contributed by atoms with E-state index in [4.69, 9.17) is 5.73 Å². The van der Waals surface area contributed by atoms with Gasteiger partial charge in [-0.2, -0.15) is 0 Å². The summed E-state index contributed by atoms with van der Waals surface area (Å²) in [6.45, 7) is 0.556. The molecule has 1 unspecified atom stereocenters. The van der Waals surface area contributed by atoms with Crippen LogP contribution in [0.15, 0.2) is 0 Å². The fraction of sp³-hybridized carbons (Fsp3) is 0.750. The number of nitrogens with one attached hydrogen (secondary N) is 1. The molecule has 1 saturated heterocycles. The maximum absolute atomic E-state index is 11.1. The third-order valence-electron chi connectivity index (χ3n) is 2.26. The molecule has 0 radical (unpaired) electrons. The molecule has 0 spiro atoms. The van der Waals surface area contributed by atoms with Crippen LogP contribution in [0.1, 0.15) is 12.8 Å². The van der Waals surface area contributed by atoms with Gasteiger partial charge in [0.05, 0.1) is 7.11 Å². The van der Waals surface area contributed by atoms with Crippen molar-refractivity contribution >= 4 is 11.9 Å². The van der Waals surface area contributed by atoms with Gasteiger partial charge in [-0.25, -0.2) is 4.79 Å². The Hall–Kier alpha value is -1.14. The smallest absolute Gasteiger partial charge is 0.353 e. The molecule has 6 heteroatoms. The summed E-state index contributed by atoms with van der Waals surface area (Å²) < 4.78 is 4.31. The Morgan fingerprint density at radius 2 is 2.50 bits per heavy atom. The fourth-order valence-electron chi connectivity index (χ4n) is 1.48. The van der Waals surface area contributed by atoms with Crippen molar-refractivity contribution in [2.45, 2.75) is 18.6 Å². The van der Waals surface area contributed by atoms with Gasteiger partial charge < -0.3 is 15.2 Å². The van der Waals surface area contributed by atoms with Gasteiger partial charge in [0.2, 0.25) is 11.6 Å². The van der Waals surface area contributed by atoms with Gasteiger partial charge in [0, 0.05) is 18.9 Å². The second kappa shape index (κ2) is 3.93. The number of ether oxygens (including phenoxy) is 1. The van der Waals surface area contributed by atoms with Crippen LogP contribution in [0, 0.1) is 5.92 Å². The van der Waals surface area contributed by atoms with E-state index in [2.05, 4.69) is 10.1 Å². The molecule has 80 valence electrons. The zero-order valence-electron chi connectivity index (χ0n) is 7.95. The second-order valence-corrected chi connectivity index (χ2v) is 3.40. The first-order valence-corrected chi connectivity index (χ1v) is 4.35. The molecule has 4 N–H and O–H groups in total. The van der Waals surface area contributed by atoms with Gasteiger partial charge in [-0.3, -0.25) is 10.5 Å². The van der Waals surface area contributed by atoms with Gasteiger partial charge in [0.15, 0.2) is 0 Å². The summed E-state index contributed by atoms with van der Waals surface area (Å²) in [6, 6.07) is 0. The van der Waals surface area contributed by atoms with Crippen molar-refractivity contribution in [3.05, 3.63) is 0 Å². The van der Waals surface area contributed by atoms with Crippen LogP contribution in [0.2, 0.25) is 0 Å². The lowest BCUT2D eigenvalue weighted by Crippen LogP contribution is -2.50. The third kappa shape index (κ3) is 2.21. The van der Waals surface area contributed by atoms with Crippen molar-refractivity contribution < 1.29 is 19.4 Å². The molecule has 0 bridgehead atoms. The Morgan fingerprint density at radius 1 is 1.86 bits per heavy atom. The van der Waals surface area contributed by atoms with E-state index in [-0.39, 0.29) is 12.3 Å². The quantitative estimate of drug-likeness (QED) is 0.375. The lowest BCUT2D eigenvalue weighted by molar-refractivity contribution is -0.164. The molecule has 1 amide bonds. The van der Waals surface area contributed by atoms with Crippen LogP contribution in [-0.4, -0.2) is 36.4 Å². The maximum Gasteiger partial charge on any atom is 0.353 e. The van der Waals surface area contributed by atoms with Crippen LogP contribution >= 0.6 is 0 Å². The molecule has 6 nitrogen and oxygen atoms in total. The highest BCUT2D eigenvalue weighted by molar-refractivity contribution is 5.83. The van der Waals surface area contributed by atoms with Gasteiger partial charge in [-0.15, -0.1) is 0 Å². The number of amides is 1. The predicted molar refractivity (Wildman–Crippen MR) is 46.9 cm³/mol.